The van der Waals surface area contributed by atoms with E-state index in [-0.39, 0.29) is 6.42 Å². The second-order valence-corrected chi connectivity index (χ2v) is 7.92. The van der Waals surface area contributed by atoms with Gasteiger partial charge in [-0.25, -0.2) is 0 Å². The third-order valence-electron chi connectivity index (χ3n) is 6.07. The van der Waals surface area contributed by atoms with Gasteiger partial charge >= 0.3 is 11.9 Å². The molecule has 0 heterocycles. The molecule has 0 atom stereocenters. The van der Waals surface area contributed by atoms with Gasteiger partial charge in [0.1, 0.15) is 0 Å². The number of carbonyl (C=O) groups is 2. The molecule has 0 radical (unpaired) electrons. The highest BCUT2D eigenvalue weighted by atomic mass is 16.4. The Labute approximate surface area is 160 Å². The molecule has 0 saturated carbocycles. The van der Waals surface area contributed by atoms with Crippen LogP contribution in [0.5, 0.6) is 0 Å². The highest BCUT2D eigenvalue weighted by Crippen LogP contribution is 2.54. The van der Waals surface area contributed by atoms with Gasteiger partial charge in [0.05, 0.1) is 0 Å². The molecule has 0 bridgehead atoms. The second-order valence-electron chi connectivity index (χ2n) is 7.92. The number of carboxylic acids is 2. The van der Waals surface area contributed by atoms with E-state index in [2.05, 4.69) is 20.8 Å². The molecular formula is C22H42O4. The third kappa shape index (κ3) is 6.28. The molecule has 0 saturated heterocycles. The van der Waals surface area contributed by atoms with E-state index < -0.39 is 22.8 Å². The highest BCUT2D eigenvalue weighted by Gasteiger charge is 2.60. The van der Waals surface area contributed by atoms with Crippen molar-refractivity contribution >= 4 is 11.9 Å². The standard InChI is InChI=1S/C22H42O4/c1-5-9-13-14-17-21(15-10-6-2,16-11-7-3)22(19(23)24,20(25)26)18-12-8-4/h5-18H2,1-4H3,(H,23,24)(H,25,26). The van der Waals surface area contributed by atoms with Gasteiger partial charge in [0, 0.05) is 0 Å². The van der Waals surface area contributed by atoms with E-state index in [1.807, 2.05) is 6.92 Å². The molecule has 0 unspecified atom stereocenters. The number of aliphatic carboxylic acids is 2. The van der Waals surface area contributed by atoms with Crippen LogP contribution in [0.1, 0.15) is 118 Å². The Kier molecular flexibility index (Phi) is 12.6. The largest absolute Gasteiger partial charge is 0.480 e. The van der Waals surface area contributed by atoms with Crippen molar-refractivity contribution in [3.8, 4) is 0 Å². The molecule has 0 spiro atoms. The van der Waals surface area contributed by atoms with Crippen LogP contribution < -0.4 is 0 Å². The molecule has 26 heavy (non-hydrogen) atoms. The van der Waals surface area contributed by atoms with E-state index in [1.165, 1.54) is 0 Å². The quantitative estimate of drug-likeness (QED) is 0.221. The van der Waals surface area contributed by atoms with Crippen LogP contribution in [0, 0.1) is 10.8 Å². The van der Waals surface area contributed by atoms with Crippen molar-refractivity contribution in [2.45, 2.75) is 118 Å². The summed E-state index contributed by atoms with van der Waals surface area (Å²) < 4.78 is 0. The average Bonchev–Trinajstić information content (AvgIpc) is 2.61. The van der Waals surface area contributed by atoms with Crippen LogP contribution in [-0.4, -0.2) is 22.2 Å². The van der Waals surface area contributed by atoms with E-state index in [9.17, 15) is 19.8 Å². The summed E-state index contributed by atoms with van der Waals surface area (Å²) in [4.78, 5) is 24.9. The fraction of sp³-hybridized carbons (Fsp3) is 0.909. The van der Waals surface area contributed by atoms with Gasteiger partial charge in [0.2, 0.25) is 0 Å². The topological polar surface area (TPSA) is 74.6 Å². The zero-order valence-electron chi connectivity index (χ0n) is 17.6. The molecule has 4 heteroatoms. The molecule has 0 amide bonds. The van der Waals surface area contributed by atoms with E-state index in [0.717, 1.165) is 64.2 Å². The van der Waals surface area contributed by atoms with Crippen molar-refractivity contribution in [2.75, 3.05) is 0 Å². The highest BCUT2D eigenvalue weighted by molar-refractivity contribution is 5.99. The molecule has 0 aliphatic heterocycles. The van der Waals surface area contributed by atoms with Crippen LogP contribution in [0.2, 0.25) is 0 Å². The van der Waals surface area contributed by atoms with Gasteiger partial charge in [-0.1, -0.05) is 91.9 Å². The van der Waals surface area contributed by atoms with Gasteiger partial charge in [0.15, 0.2) is 5.41 Å². The first-order valence-corrected chi connectivity index (χ1v) is 10.8. The smallest absolute Gasteiger partial charge is 0.321 e. The van der Waals surface area contributed by atoms with Crippen LogP contribution in [0.4, 0.5) is 0 Å². The van der Waals surface area contributed by atoms with Crippen LogP contribution >= 0.6 is 0 Å². The lowest BCUT2D eigenvalue weighted by Gasteiger charge is -2.46. The minimum absolute atomic E-state index is 0.245. The molecule has 154 valence electrons. The molecule has 0 aromatic heterocycles. The van der Waals surface area contributed by atoms with Gasteiger partial charge in [-0.05, 0) is 31.1 Å². The summed E-state index contributed by atoms with van der Waals surface area (Å²) in [6.45, 7) is 8.34. The van der Waals surface area contributed by atoms with Crippen molar-refractivity contribution in [1.82, 2.24) is 0 Å². The Morgan fingerprint density at radius 2 is 0.962 bits per heavy atom. The minimum Gasteiger partial charge on any atom is -0.480 e. The fourth-order valence-corrected chi connectivity index (χ4v) is 4.40. The first kappa shape index (κ1) is 24.9. The molecule has 0 aliphatic rings. The van der Waals surface area contributed by atoms with Crippen LogP contribution in [0.25, 0.3) is 0 Å². The summed E-state index contributed by atoms with van der Waals surface area (Å²) in [7, 11) is 0. The summed E-state index contributed by atoms with van der Waals surface area (Å²) in [6.07, 6.45) is 11.8. The molecule has 4 nitrogen and oxygen atoms in total. The molecule has 0 aromatic carbocycles. The summed E-state index contributed by atoms with van der Waals surface area (Å²) in [5.74, 6) is -2.25. The lowest BCUT2D eigenvalue weighted by Crippen LogP contribution is -2.53. The zero-order chi connectivity index (χ0) is 20.1. The molecule has 0 fully saturated rings. The van der Waals surface area contributed by atoms with Gasteiger partial charge in [-0.3, -0.25) is 9.59 Å². The van der Waals surface area contributed by atoms with Crippen molar-refractivity contribution in [1.29, 1.82) is 0 Å². The van der Waals surface area contributed by atoms with Crippen molar-refractivity contribution in [3.05, 3.63) is 0 Å². The van der Waals surface area contributed by atoms with Crippen LogP contribution in [0.3, 0.4) is 0 Å². The van der Waals surface area contributed by atoms with Gasteiger partial charge in [0.25, 0.3) is 0 Å². The van der Waals surface area contributed by atoms with E-state index in [0.29, 0.717) is 19.3 Å². The first-order chi connectivity index (χ1) is 12.4. The predicted octanol–water partition coefficient (Wildman–Crippen LogP) is 6.67. The third-order valence-corrected chi connectivity index (χ3v) is 6.07. The Morgan fingerprint density at radius 3 is 1.35 bits per heavy atom. The maximum Gasteiger partial charge on any atom is 0.321 e. The number of unbranched alkanes of at least 4 members (excludes halogenated alkanes) is 6. The molecule has 0 aromatic rings. The first-order valence-electron chi connectivity index (χ1n) is 10.8. The molecule has 0 aliphatic carbocycles. The summed E-state index contributed by atoms with van der Waals surface area (Å²) in [5.41, 5.74) is -2.29. The van der Waals surface area contributed by atoms with Crippen molar-refractivity contribution in [3.63, 3.8) is 0 Å². The normalized spacial score (nSPS) is 12.3. The Balaban J connectivity index is 6.05. The number of carboxylic acid groups (broad SMARTS) is 2. The predicted molar refractivity (Wildman–Crippen MR) is 107 cm³/mol. The summed E-state index contributed by atoms with van der Waals surface area (Å²) >= 11 is 0. The van der Waals surface area contributed by atoms with Gasteiger partial charge < -0.3 is 10.2 Å². The van der Waals surface area contributed by atoms with Crippen molar-refractivity contribution < 1.29 is 19.8 Å². The zero-order valence-corrected chi connectivity index (χ0v) is 17.6. The fourth-order valence-electron chi connectivity index (χ4n) is 4.40. The second kappa shape index (κ2) is 13.2. The molecule has 0 rings (SSSR count). The Bertz CT molecular complexity index is 381. The number of hydrogen-bond donors (Lipinski definition) is 2. The Hall–Kier alpha value is -1.06. The molecule has 2 N–H and O–H groups in total. The summed E-state index contributed by atoms with van der Waals surface area (Å²) in [5, 5.41) is 20.4. The van der Waals surface area contributed by atoms with Crippen LogP contribution in [0.15, 0.2) is 0 Å². The lowest BCUT2D eigenvalue weighted by molar-refractivity contribution is -0.180. The molecular weight excluding hydrogens is 328 g/mol. The SMILES string of the molecule is CCCCCCC(CCCC)(CCCC)C(CCCC)(C(=O)O)C(=O)O. The van der Waals surface area contributed by atoms with Gasteiger partial charge in [-0.15, -0.1) is 0 Å². The average molecular weight is 371 g/mol. The maximum absolute atomic E-state index is 12.4. The minimum atomic E-state index is -1.65. The Morgan fingerprint density at radius 1 is 0.577 bits per heavy atom. The number of hydrogen-bond acceptors (Lipinski definition) is 2. The van der Waals surface area contributed by atoms with E-state index in [1.54, 1.807) is 0 Å². The lowest BCUT2D eigenvalue weighted by atomic mass is 9.54. The maximum atomic E-state index is 12.4. The summed E-state index contributed by atoms with van der Waals surface area (Å²) in [6, 6.07) is 0. The van der Waals surface area contributed by atoms with Crippen LogP contribution in [-0.2, 0) is 9.59 Å². The van der Waals surface area contributed by atoms with Crippen molar-refractivity contribution in [2.24, 2.45) is 10.8 Å². The monoisotopic (exact) mass is 370 g/mol. The number of rotatable bonds is 17. The van der Waals surface area contributed by atoms with Gasteiger partial charge in [-0.2, -0.15) is 0 Å². The van der Waals surface area contributed by atoms with E-state index in [4.69, 9.17) is 0 Å². The van der Waals surface area contributed by atoms with E-state index >= 15 is 0 Å².